The average molecular weight is 263 g/mol. The molecule has 0 aliphatic carbocycles. The molecular weight excluding hydrogens is 253 g/mol. The van der Waals surface area contributed by atoms with E-state index >= 15 is 0 Å². The van der Waals surface area contributed by atoms with Crippen molar-refractivity contribution in [1.82, 2.24) is 10.6 Å². The lowest BCUT2D eigenvalue weighted by atomic mass is 10.6. The maximum absolute atomic E-state index is 11.6. The van der Waals surface area contributed by atoms with Crippen LogP contribution in [0.3, 0.4) is 0 Å². The van der Waals surface area contributed by atoms with Crippen LogP contribution in [0.1, 0.15) is 0 Å². The third-order valence-electron chi connectivity index (χ3n) is 1.17. The molecule has 3 amide bonds. The Morgan fingerprint density at radius 1 is 1.31 bits per heavy atom. The number of ether oxygens (including phenoxy) is 1. The second-order valence-corrected chi connectivity index (χ2v) is 2.87. The van der Waals surface area contributed by atoms with Gasteiger partial charge in [0.25, 0.3) is 0 Å². The summed E-state index contributed by atoms with van der Waals surface area (Å²) in [6.45, 7) is -1.82. The molecule has 0 rings (SSSR count). The van der Waals surface area contributed by atoms with Crippen LogP contribution in [0.25, 0.3) is 0 Å². The molecule has 5 nitrogen and oxygen atoms in total. The minimum absolute atomic E-state index is 0.141. The van der Waals surface area contributed by atoms with Gasteiger partial charge in [0.05, 0.1) is 6.61 Å². The zero-order chi connectivity index (χ0) is 12.6. The number of halogens is 4. The molecule has 0 unspecified atom stereocenters. The summed E-state index contributed by atoms with van der Waals surface area (Å²) in [5.74, 6) is -1.08. The predicted octanol–water partition coefficient (Wildman–Crippen LogP) is 0.630. The van der Waals surface area contributed by atoms with Crippen LogP contribution in [0.2, 0.25) is 0 Å². The van der Waals surface area contributed by atoms with Crippen molar-refractivity contribution < 1.29 is 27.5 Å². The van der Waals surface area contributed by atoms with Crippen molar-refractivity contribution in [1.29, 1.82) is 0 Å². The number of urea groups is 1. The molecule has 0 aromatic carbocycles. The summed E-state index contributed by atoms with van der Waals surface area (Å²) in [4.78, 5) is 21.4. The number of amides is 3. The number of hydrogen-bond acceptors (Lipinski definition) is 3. The fourth-order valence-corrected chi connectivity index (χ4v) is 0.696. The van der Waals surface area contributed by atoms with E-state index in [4.69, 9.17) is 11.6 Å². The third-order valence-corrected chi connectivity index (χ3v) is 1.41. The van der Waals surface area contributed by atoms with Gasteiger partial charge in [0.1, 0.15) is 12.5 Å². The van der Waals surface area contributed by atoms with Crippen LogP contribution < -0.4 is 10.6 Å². The molecule has 9 heteroatoms. The lowest BCUT2D eigenvalue weighted by molar-refractivity contribution is -0.173. The van der Waals surface area contributed by atoms with Crippen molar-refractivity contribution in [3.8, 4) is 0 Å². The van der Waals surface area contributed by atoms with Gasteiger partial charge < -0.3 is 10.1 Å². The molecule has 2 N–H and O–H groups in total. The van der Waals surface area contributed by atoms with E-state index in [1.165, 1.54) is 0 Å². The Labute approximate surface area is 94.3 Å². The molecule has 0 aliphatic heterocycles. The van der Waals surface area contributed by atoms with Gasteiger partial charge in [0, 0.05) is 6.54 Å². The van der Waals surface area contributed by atoms with E-state index in [1.54, 1.807) is 0 Å². The van der Waals surface area contributed by atoms with Gasteiger partial charge >= 0.3 is 12.2 Å². The zero-order valence-electron chi connectivity index (χ0n) is 8.07. The first-order valence-corrected chi connectivity index (χ1v) is 4.66. The smallest absolute Gasteiger partial charge is 0.370 e. The van der Waals surface area contributed by atoms with Crippen LogP contribution in [0, 0.1) is 0 Å². The Balaban J connectivity index is 3.45. The monoisotopic (exact) mass is 262 g/mol. The molecule has 0 spiro atoms. The normalized spacial score (nSPS) is 11.0. The van der Waals surface area contributed by atoms with Gasteiger partial charge in [-0.1, -0.05) is 0 Å². The summed E-state index contributed by atoms with van der Waals surface area (Å²) in [6.07, 6.45) is -4.39. The van der Waals surface area contributed by atoms with E-state index in [2.05, 4.69) is 10.1 Å². The number of carbonyl (C=O) groups excluding carboxylic acids is 2. The van der Waals surface area contributed by atoms with Crippen LogP contribution in [-0.2, 0) is 9.53 Å². The molecule has 0 saturated carbocycles. The highest BCUT2D eigenvalue weighted by Crippen LogP contribution is 2.13. The Morgan fingerprint density at radius 2 is 1.94 bits per heavy atom. The maximum Gasteiger partial charge on any atom is 0.411 e. The highest BCUT2D eigenvalue weighted by molar-refractivity contribution is 6.28. The molecule has 0 heterocycles. The van der Waals surface area contributed by atoms with Crippen LogP contribution in [0.15, 0.2) is 0 Å². The maximum atomic E-state index is 11.6. The first-order chi connectivity index (χ1) is 7.35. The first-order valence-electron chi connectivity index (χ1n) is 4.13. The van der Waals surface area contributed by atoms with Crippen molar-refractivity contribution in [2.24, 2.45) is 0 Å². The van der Waals surface area contributed by atoms with Crippen molar-refractivity contribution in [2.45, 2.75) is 6.18 Å². The van der Waals surface area contributed by atoms with E-state index in [1.807, 2.05) is 5.32 Å². The summed E-state index contributed by atoms with van der Waals surface area (Å²) < 4.78 is 38.9. The fraction of sp³-hybridized carbons (Fsp3) is 0.714. The van der Waals surface area contributed by atoms with Crippen molar-refractivity contribution in [2.75, 3.05) is 25.6 Å². The molecule has 0 saturated heterocycles. The van der Waals surface area contributed by atoms with E-state index in [-0.39, 0.29) is 19.0 Å². The lowest BCUT2D eigenvalue weighted by Crippen LogP contribution is -2.41. The number of nitrogens with one attached hydrogen (secondary N) is 2. The highest BCUT2D eigenvalue weighted by atomic mass is 35.5. The van der Waals surface area contributed by atoms with Gasteiger partial charge in [0.15, 0.2) is 0 Å². The summed E-state index contributed by atoms with van der Waals surface area (Å²) >= 11 is 5.09. The van der Waals surface area contributed by atoms with E-state index in [0.717, 1.165) is 0 Å². The quantitative estimate of drug-likeness (QED) is 0.564. The number of imide groups is 1. The Hall–Kier alpha value is -1.02. The Bertz CT molecular complexity index is 248. The topological polar surface area (TPSA) is 67.4 Å². The van der Waals surface area contributed by atoms with Gasteiger partial charge in [-0.15, -0.1) is 11.6 Å². The van der Waals surface area contributed by atoms with Gasteiger partial charge in [-0.2, -0.15) is 13.2 Å². The van der Waals surface area contributed by atoms with Crippen molar-refractivity contribution in [3.63, 3.8) is 0 Å². The molecule has 0 bridgehead atoms. The predicted molar refractivity (Wildman–Crippen MR) is 49.1 cm³/mol. The van der Waals surface area contributed by atoms with Crippen molar-refractivity contribution >= 4 is 23.5 Å². The SMILES string of the molecule is O=C(CCl)NC(=O)NCCOCC(F)(F)F. The fourth-order valence-electron chi connectivity index (χ4n) is 0.629. The second kappa shape index (κ2) is 7.29. The summed E-state index contributed by atoms with van der Waals surface area (Å²) in [7, 11) is 0. The van der Waals surface area contributed by atoms with Gasteiger partial charge in [-0.05, 0) is 0 Å². The van der Waals surface area contributed by atoms with Gasteiger partial charge in [-0.3, -0.25) is 10.1 Å². The van der Waals surface area contributed by atoms with Crippen LogP contribution in [0.4, 0.5) is 18.0 Å². The molecule has 0 aliphatic rings. The summed E-state index contributed by atoms with van der Waals surface area (Å²) in [5.41, 5.74) is 0. The lowest BCUT2D eigenvalue weighted by Gasteiger charge is -2.08. The highest BCUT2D eigenvalue weighted by Gasteiger charge is 2.27. The molecule has 94 valence electrons. The standard InChI is InChI=1S/C7H10ClF3N2O3/c8-3-5(14)13-6(15)12-1-2-16-4-7(9,10)11/h1-4H2,(H2,12,13,14,15). The molecule has 0 atom stereocenters. The van der Waals surface area contributed by atoms with Crippen molar-refractivity contribution in [3.05, 3.63) is 0 Å². The molecule has 0 radical (unpaired) electrons. The van der Waals surface area contributed by atoms with Crippen LogP contribution in [0.5, 0.6) is 0 Å². The van der Waals surface area contributed by atoms with E-state index in [0.29, 0.717) is 0 Å². The summed E-state index contributed by atoms with van der Waals surface area (Å²) in [6, 6.07) is -0.832. The first kappa shape index (κ1) is 15.0. The minimum atomic E-state index is -4.39. The minimum Gasteiger partial charge on any atom is -0.370 e. The molecule has 0 aromatic heterocycles. The van der Waals surface area contributed by atoms with Crippen LogP contribution in [-0.4, -0.2) is 43.8 Å². The molecule has 16 heavy (non-hydrogen) atoms. The van der Waals surface area contributed by atoms with Gasteiger partial charge in [-0.25, -0.2) is 4.79 Å². The van der Waals surface area contributed by atoms with E-state index < -0.39 is 24.7 Å². The van der Waals surface area contributed by atoms with E-state index in [9.17, 15) is 22.8 Å². The number of carbonyl (C=O) groups is 2. The molecule has 0 fully saturated rings. The molecular formula is C7H10ClF3N2O3. The van der Waals surface area contributed by atoms with Crippen LogP contribution >= 0.6 is 11.6 Å². The molecule has 0 aromatic rings. The largest absolute Gasteiger partial charge is 0.411 e. The Kier molecular flexibility index (Phi) is 6.82. The third kappa shape index (κ3) is 9.53. The second-order valence-electron chi connectivity index (χ2n) is 2.61. The zero-order valence-corrected chi connectivity index (χ0v) is 8.82. The number of alkyl halides is 4. The average Bonchev–Trinajstić information content (AvgIpc) is 2.15. The Morgan fingerprint density at radius 3 is 2.44 bits per heavy atom. The number of rotatable bonds is 5. The number of hydrogen-bond donors (Lipinski definition) is 2. The van der Waals surface area contributed by atoms with Gasteiger partial charge in [0.2, 0.25) is 5.91 Å². The summed E-state index contributed by atoms with van der Waals surface area (Å²) in [5, 5.41) is 3.95.